The zero-order valence-corrected chi connectivity index (χ0v) is 17.3. The Morgan fingerprint density at radius 2 is 1.93 bits per heavy atom. The summed E-state index contributed by atoms with van der Waals surface area (Å²) in [6, 6.07) is 8.04. The lowest BCUT2D eigenvalue weighted by Gasteiger charge is -2.19. The molecule has 1 amide bonds. The Morgan fingerprint density at radius 3 is 2.63 bits per heavy atom. The van der Waals surface area contributed by atoms with Crippen molar-refractivity contribution in [2.75, 3.05) is 0 Å². The second kappa shape index (κ2) is 8.13. The summed E-state index contributed by atoms with van der Waals surface area (Å²) in [5, 5.41) is 24.6. The number of rotatable bonds is 6. The van der Waals surface area contributed by atoms with Crippen molar-refractivity contribution in [1.82, 2.24) is 35.7 Å². The monoisotopic (exact) mass is 403 g/mol. The molecule has 0 fully saturated rings. The average Bonchev–Trinajstić information content (AvgIpc) is 3.28. The molecule has 10 heteroatoms. The first-order chi connectivity index (χ1) is 12.8. The summed E-state index contributed by atoms with van der Waals surface area (Å²) in [5.41, 5.74) is 2.03. The molecule has 3 aromatic rings. The summed E-state index contributed by atoms with van der Waals surface area (Å²) in [6.07, 6.45) is 0. The SMILES string of the molecule is Cc1ccc(CNC(=O)c2nnc(CSc3nnnn3C(C)(C)C)s2)cc1. The number of carbonyl (C=O) groups excluding carboxylic acids is 1. The third kappa shape index (κ3) is 5.10. The molecule has 1 aromatic carbocycles. The second-order valence-corrected chi connectivity index (χ2v) is 9.01. The standard InChI is InChI=1S/C17H21N7OS2/c1-11-5-7-12(8-6-11)9-18-14(25)15-20-19-13(27-15)10-26-16-21-22-23-24(16)17(2,3)4/h5-8H,9-10H2,1-4H3,(H,18,25). The van der Waals surface area contributed by atoms with E-state index in [4.69, 9.17) is 0 Å². The van der Waals surface area contributed by atoms with Gasteiger partial charge in [-0.1, -0.05) is 52.9 Å². The number of amides is 1. The molecule has 1 N–H and O–H groups in total. The number of nitrogens with one attached hydrogen (secondary N) is 1. The Bertz CT molecular complexity index is 912. The summed E-state index contributed by atoms with van der Waals surface area (Å²) >= 11 is 2.75. The molecule has 0 spiro atoms. The van der Waals surface area contributed by atoms with Gasteiger partial charge in [0.15, 0.2) is 0 Å². The van der Waals surface area contributed by atoms with E-state index in [9.17, 15) is 4.79 Å². The van der Waals surface area contributed by atoms with Gasteiger partial charge in [0, 0.05) is 6.54 Å². The minimum Gasteiger partial charge on any atom is -0.346 e. The van der Waals surface area contributed by atoms with Gasteiger partial charge in [-0.25, -0.2) is 4.68 Å². The Kier molecular flexibility index (Phi) is 5.85. The normalized spacial score (nSPS) is 11.6. The van der Waals surface area contributed by atoms with Crippen LogP contribution < -0.4 is 5.32 Å². The Hall–Kier alpha value is -2.33. The van der Waals surface area contributed by atoms with E-state index in [2.05, 4.69) is 31.0 Å². The van der Waals surface area contributed by atoms with Crippen molar-refractivity contribution in [3.05, 3.63) is 45.4 Å². The molecule has 0 unspecified atom stereocenters. The highest BCUT2D eigenvalue weighted by molar-refractivity contribution is 7.98. The summed E-state index contributed by atoms with van der Waals surface area (Å²) < 4.78 is 1.77. The van der Waals surface area contributed by atoms with Crippen molar-refractivity contribution >= 4 is 29.0 Å². The minimum absolute atomic E-state index is 0.200. The van der Waals surface area contributed by atoms with Crippen molar-refractivity contribution < 1.29 is 4.79 Å². The maximum absolute atomic E-state index is 12.3. The van der Waals surface area contributed by atoms with Crippen molar-refractivity contribution in [3.63, 3.8) is 0 Å². The van der Waals surface area contributed by atoms with Crippen LogP contribution in [-0.4, -0.2) is 36.3 Å². The number of hydrogen-bond acceptors (Lipinski definition) is 8. The zero-order chi connectivity index (χ0) is 19.4. The molecule has 0 aliphatic carbocycles. The van der Waals surface area contributed by atoms with E-state index in [0.717, 1.165) is 10.6 Å². The van der Waals surface area contributed by atoms with Crippen LogP contribution in [0.5, 0.6) is 0 Å². The highest BCUT2D eigenvalue weighted by atomic mass is 32.2. The van der Waals surface area contributed by atoms with Crippen LogP contribution >= 0.6 is 23.1 Å². The first kappa shape index (κ1) is 19.4. The summed E-state index contributed by atoms with van der Waals surface area (Å²) in [4.78, 5) is 12.3. The zero-order valence-electron chi connectivity index (χ0n) is 15.6. The van der Waals surface area contributed by atoms with Gasteiger partial charge < -0.3 is 5.32 Å². The molecule has 27 heavy (non-hydrogen) atoms. The summed E-state index contributed by atoms with van der Waals surface area (Å²) in [6.45, 7) is 8.60. The fourth-order valence-electron chi connectivity index (χ4n) is 2.18. The third-order valence-corrected chi connectivity index (χ3v) is 5.67. The number of nitrogens with zero attached hydrogens (tertiary/aromatic N) is 6. The second-order valence-electron chi connectivity index (χ2n) is 7.00. The molecule has 0 radical (unpaired) electrons. The van der Waals surface area contributed by atoms with Gasteiger partial charge in [-0.05, 0) is 43.7 Å². The van der Waals surface area contributed by atoms with E-state index >= 15 is 0 Å². The van der Waals surface area contributed by atoms with Gasteiger partial charge in [0.25, 0.3) is 5.91 Å². The molecule has 0 aliphatic rings. The topological polar surface area (TPSA) is 98.5 Å². The van der Waals surface area contributed by atoms with Crippen LogP contribution in [0, 0.1) is 6.92 Å². The minimum atomic E-state index is -0.219. The number of hydrogen-bond donors (Lipinski definition) is 1. The van der Waals surface area contributed by atoms with Crippen LogP contribution in [0.25, 0.3) is 0 Å². The number of tetrazole rings is 1. The largest absolute Gasteiger partial charge is 0.346 e. The van der Waals surface area contributed by atoms with Crippen molar-refractivity contribution in [2.45, 2.75) is 50.7 Å². The van der Waals surface area contributed by atoms with Gasteiger partial charge in [-0.3, -0.25) is 4.79 Å². The molecule has 142 valence electrons. The molecule has 0 bridgehead atoms. The lowest BCUT2D eigenvalue weighted by atomic mass is 10.1. The fourth-order valence-corrected chi connectivity index (χ4v) is 3.98. The molecular weight excluding hydrogens is 382 g/mol. The van der Waals surface area contributed by atoms with Crippen LogP contribution in [0.2, 0.25) is 0 Å². The third-order valence-electron chi connectivity index (χ3n) is 3.64. The molecule has 0 aliphatic heterocycles. The fraction of sp³-hybridized carbons (Fsp3) is 0.412. The highest BCUT2D eigenvalue weighted by Crippen LogP contribution is 2.25. The van der Waals surface area contributed by atoms with Crippen LogP contribution in [0.4, 0.5) is 0 Å². The van der Waals surface area contributed by atoms with Gasteiger partial charge in [-0.2, -0.15) is 0 Å². The van der Waals surface area contributed by atoms with Crippen LogP contribution in [0.1, 0.15) is 46.7 Å². The predicted molar refractivity (Wildman–Crippen MR) is 105 cm³/mol. The number of carbonyl (C=O) groups is 1. The predicted octanol–water partition coefficient (Wildman–Crippen LogP) is 2.81. The average molecular weight is 404 g/mol. The van der Waals surface area contributed by atoms with E-state index < -0.39 is 0 Å². The van der Waals surface area contributed by atoms with Gasteiger partial charge >= 0.3 is 0 Å². The van der Waals surface area contributed by atoms with Crippen molar-refractivity contribution in [1.29, 1.82) is 0 Å². The van der Waals surface area contributed by atoms with Crippen LogP contribution in [0.3, 0.4) is 0 Å². The van der Waals surface area contributed by atoms with Gasteiger partial charge in [0.05, 0.1) is 11.3 Å². The summed E-state index contributed by atoms with van der Waals surface area (Å²) in [5.74, 6) is 0.336. The Balaban J connectivity index is 1.56. The van der Waals surface area contributed by atoms with E-state index in [-0.39, 0.29) is 11.4 Å². The molecule has 3 rings (SSSR count). The maximum atomic E-state index is 12.3. The quantitative estimate of drug-likeness (QED) is 0.632. The Morgan fingerprint density at radius 1 is 1.19 bits per heavy atom. The Labute approximate surface area is 165 Å². The van der Waals surface area contributed by atoms with Crippen LogP contribution in [-0.2, 0) is 17.8 Å². The van der Waals surface area contributed by atoms with Gasteiger partial charge in [0.2, 0.25) is 10.2 Å². The van der Waals surface area contributed by atoms with E-state index in [1.165, 1.54) is 28.7 Å². The number of thioether (sulfide) groups is 1. The van der Waals surface area contributed by atoms with E-state index in [0.29, 0.717) is 22.5 Å². The molecule has 2 aromatic heterocycles. The first-order valence-electron chi connectivity index (χ1n) is 8.41. The summed E-state index contributed by atoms with van der Waals surface area (Å²) in [7, 11) is 0. The van der Waals surface area contributed by atoms with Crippen molar-refractivity contribution in [3.8, 4) is 0 Å². The molecule has 0 saturated carbocycles. The smallest absolute Gasteiger partial charge is 0.282 e. The maximum Gasteiger partial charge on any atom is 0.282 e. The highest BCUT2D eigenvalue weighted by Gasteiger charge is 2.20. The molecule has 0 atom stereocenters. The lowest BCUT2D eigenvalue weighted by molar-refractivity contribution is 0.0950. The van der Waals surface area contributed by atoms with Crippen molar-refractivity contribution in [2.24, 2.45) is 0 Å². The van der Waals surface area contributed by atoms with Gasteiger partial charge in [-0.15, -0.1) is 15.3 Å². The molecular formula is C17H21N7OS2. The van der Waals surface area contributed by atoms with E-state index in [1.807, 2.05) is 52.0 Å². The number of aryl methyl sites for hydroxylation is 1. The number of aromatic nitrogens is 6. The van der Waals surface area contributed by atoms with Gasteiger partial charge in [0.1, 0.15) is 5.01 Å². The van der Waals surface area contributed by atoms with E-state index in [1.54, 1.807) is 4.68 Å². The lowest BCUT2D eigenvalue weighted by Crippen LogP contribution is -2.24. The molecule has 0 saturated heterocycles. The first-order valence-corrected chi connectivity index (χ1v) is 10.2. The molecule has 2 heterocycles. The van der Waals surface area contributed by atoms with Crippen LogP contribution in [0.15, 0.2) is 29.4 Å². The molecule has 8 nitrogen and oxygen atoms in total. The number of benzene rings is 1.